The highest BCUT2D eigenvalue weighted by molar-refractivity contribution is 5.99. The molecule has 2 rings (SSSR count). The smallest absolute Gasteiger partial charge is 0.406 e. The van der Waals surface area contributed by atoms with Gasteiger partial charge in [-0.15, -0.1) is 13.2 Å². The molecule has 0 aliphatic heterocycles. The monoisotopic (exact) mass is 366 g/mol. The minimum atomic E-state index is -4.77. The van der Waals surface area contributed by atoms with Gasteiger partial charge >= 0.3 is 6.36 Å². The molecule has 8 heteroatoms. The number of benzene rings is 2. The summed E-state index contributed by atoms with van der Waals surface area (Å²) in [5, 5.41) is 2.51. The first-order valence-corrected chi connectivity index (χ1v) is 7.62. The Morgan fingerprint density at radius 3 is 2.15 bits per heavy atom. The largest absolute Gasteiger partial charge is 0.573 e. The van der Waals surface area contributed by atoms with Crippen molar-refractivity contribution in [1.82, 2.24) is 4.90 Å². The number of rotatable bonds is 5. The molecule has 2 aromatic rings. The Labute approximate surface area is 148 Å². The summed E-state index contributed by atoms with van der Waals surface area (Å²) in [6, 6.07) is 11.7. The second-order valence-electron chi connectivity index (χ2n) is 5.65. The normalized spacial score (nSPS) is 11.0. The van der Waals surface area contributed by atoms with Crippen molar-refractivity contribution in [3.05, 3.63) is 59.7 Å². The number of nitrogens with zero attached hydrogens (tertiary/aromatic N) is 1. The SMILES string of the molecule is Cc1ccc(C(=O)N(C)CC(=O)Nc2ccc(OC(F)(F)F)cc2)cc1. The maximum atomic E-state index is 12.2. The van der Waals surface area contributed by atoms with Crippen molar-refractivity contribution >= 4 is 17.5 Å². The van der Waals surface area contributed by atoms with E-state index in [4.69, 9.17) is 0 Å². The molecule has 0 aromatic heterocycles. The van der Waals surface area contributed by atoms with Crippen LogP contribution in [0.15, 0.2) is 48.5 Å². The molecule has 0 unspecified atom stereocenters. The van der Waals surface area contributed by atoms with Gasteiger partial charge in [0.2, 0.25) is 5.91 Å². The van der Waals surface area contributed by atoms with Crippen LogP contribution in [0, 0.1) is 6.92 Å². The van der Waals surface area contributed by atoms with E-state index in [1.807, 2.05) is 6.92 Å². The number of carbonyl (C=O) groups is 2. The van der Waals surface area contributed by atoms with Gasteiger partial charge in [0.05, 0.1) is 6.54 Å². The molecular weight excluding hydrogens is 349 g/mol. The van der Waals surface area contributed by atoms with Gasteiger partial charge < -0.3 is 15.0 Å². The van der Waals surface area contributed by atoms with Crippen molar-refractivity contribution in [1.29, 1.82) is 0 Å². The predicted molar refractivity (Wildman–Crippen MR) is 89.9 cm³/mol. The lowest BCUT2D eigenvalue weighted by Gasteiger charge is -2.17. The number of halogens is 3. The number of carbonyl (C=O) groups excluding carboxylic acids is 2. The second kappa shape index (κ2) is 7.90. The van der Waals surface area contributed by atoms with Crippen molar-refractivity contribution in [3.63, 3.8) is 0 Å². The van der Waals surface area contributed by atoms with Gasteiger partial charge in [0, 0.05) is 18.3 Å². The van der Waals surface area contributed by atoms with Crippen LogP contribution in [0.4, 0.5) is 18.9 Å². The maximum Gasteiger partial charge on any atom is 0.573 e. The molecule has 0 aliphatic rings. The third-order valence-corrected chi connectivity index (χ3v) is 3.40. The average molecular weight is 366 g/mol. The number of aryl methyl sites for hydroxylation is 1. The number of hydrogen-bond donors (Lipinski definition) is 1. The molecule has 0 fully saturated rings. The summed E-state index contributed by atoms with van der Waals surface area (Å²) in [4.78, 5) is 25.5. The van der Waals surface area contributed by atoms with Gasteiger partial charge in [-0.25, -0.2) is 0 Å². The fourth-order valence-corrected chi connectivity index (χ4v) is 2.14. The summed E-state index contributed by atoms with van der Waals surface area (Å²) in [7, 11) is 1.49. The van der Waals surface area contributed by atoms with E-state index in [1.54, 1.807) is 24.3 Å². The quantitative estimate of drug-likeness (QED) is 0.880. The Morgan fingerprint density at radius 1 is 1.04 bits per heavy atom. The van der Waals surface area contributed by atoms with Crippen LogP contribution in [0.2, 0.25) is 0 Å². The van der Waals surface area contributed by atoms with E-state index in [0.717, 1.165) is 17.7 Å². The summed E-state index contributed by atoms with van der Waals surface area (Å²) in [5.41, 5.74) is 1.76. The van der Waals surface area contributed by atoms with Crippen LogP contribution in [0.1, 0.15) is 15.9 Å². The van der Waals surface area contributed by atoms with E-state index in [-0.39, 0.29) is 18.2 Å². The van der Waals surface area contributed by atoms with Gasteiger partial charge in [0.15, 0.2) is 0 Å². The van der Waals surface area contributed by atoms with E-state index in [2.05, 4.69) is 10.1 Å². The van der Waals surface area contributed by atoms with Crippen LogP contribution >= 0.6 is 0 Å². The molecule has 0 saturated carbocycles. The molecule has 1 N–H and O–H groups in total. The molecule has 0 aliphatic carbocycles. The summed E-state index contributed by atoms with van der Waals surface area (Å²) < 4.78 is 40.1. The van der Waals surface area contributed by atoms with Gasteiger partial charge in [-0.2, -0.15) is 0 Å². The second-order valence-corrected chi connectivity index (χ2v) is 5.65. The number of anilines is 1. The number of likely N-dealkylation sites (N-methyl/N-ethyl adjacent to an activating group) is 1. The zero-order valence-corrected chi connectivity index (χ0v) is 14.1. The fraction of sp³-hybridized carbons (Fsp3) is 0.222. The molecule has 0 spiro atoms. The topological polar surface area (TPSA) is 58.6 Å². The average Bonchev–Trinajstić information content (AvgIpc) is 2.55. The van der Waals surface area contributed by atoms with Crippen molar-refractivity contribution in [2.75, 3.05) is 18.9 Å². The lowest BCUT2D eigenvalue weighted by molar-refractivity contribution is -0.274. The standard InChI is InChI=1S/C18H17F3N2O3/c1-12-3-5-13(6-4-12)17(25)23(2)11-16(24)22-14-7-9-15(10-8-14)26-18(19,20)21/h3-10H,11H2,1-2H3,(H,22,24). The van der Waals surface area contributed by atoms with E-state index < -0.39 is 12.3 Å². The molecule has 0 heterocycles. The number of ether oxygens (including phenoxy) is 1. The molecule has 26 heavy (non-hydrogen) atoms. The van der Waals surface area contributed by atoms with Crippen molar-refractivity contribution in [3.8, 4) is 5.75 Å². The molecule has 0 radical (unpaired) electrons. The predicted octanol–water partition coefficient (Wildman–Crippen LogP) is 3.60. The van der Waals surface area contributed by atoms with Gasteiger partial charge in [-0.3, -0.25) is 9.59 Å². The van der Waals surface area contributed by atoms with Crippen LogP contribution < -0.4 is 10.1 Å². The van der Waals surface area contributed by atoms with Crippen LogP contribution in [0.5, 0.6) is 5.75 Å². The van der Waals surface area contributed by atoms with Crippen LogP contribution in [0.25, 0.3) is 0 Å². The molecular formula is C18H17F3N2O3. The Balaban J connectivity index is 1.91. The third-order valence-electron chi connectivity index (χ3n) is 3.40. The number of amides is 2. The number of hydrogen-bond acceptors (Lipinski definition) is 3. The summed E-state index contributed by atoms with van der Waals surface area (Å²) >= 11 is 0. The number of nitrogens with one attached hydrogen (secondary N) is 1. The lowest BCUT2D eigenvalue weighted by atomic mass is 10.1. The highest BCUT2D eigenvalue weighted by atomic mass is 19.4. The summed E-state index contributed by atoms with van der Waals surface area (Å²) in [6.07, 6.45) is -4.77. The third kappa shape index (κ3) is 5.80. The zero-order chi connectivity index (χ0) is 19.3. The Morgan fingerprint density at radius 2 is 1.62 bits per heavy atom. The van der Waals surface area contributed by atoms with Crippen molar-refractivity contribution in [2.45, 2.75) is 13.3 Å². The Bertz CT molecular complexity index is 772. The molecule has 138 valence electrons. The summed E-state index contributed by atoms with van der Waals surface area (Å²) in [5.74, 6) is -1.17. The molecule has 0 bridgehead atoms. The van der Waals surface area contributed by atoms with Crippen LogP contribution in [0.3, 0.4) is 0 Å². The first-order valence-electron chi connectivity index (χ1n) is 7.62. The van der Waals surface area contributed by atoms with Gasteiger partial charge in [-0.1, -0.05) is 17.7 Å². The van der Waals surface area contributed by atoms with Crippen LogP contribution in [-0.2, 0) is 4.79 Å². The minimum Gasteiger partial charge on any atom is -0.406 e. The van der Waals surface area contributed by atoms with Crippen LogP contribution in [-0.4, -0.2) is 36.7 Å². The molecule has 5 nitrogen and oxygen atoms in total. The highest BCUT2D eigenvalue weighted by Gasteiger charge is 2.30. The Hall–Kier alpha value is -3.03. The fourth-order valence-electron chi connectivity index (χ4n) is 2.14. The Kier molecular flexibility index (Phi) is 5.86. The van der Waals surface area contributed by atoms with Gasteiger partial charge in [-0.05, 0) is 43.3 Å². The first kappa shape index (κ1) is 19.3. The molecule has 0 atom stereocenters. The van der Waals surface area contributed by atoms with E-state index in [1.165, 1.54) is 24.1 Å². The zero-order valence-electron chi connectivity index (χ0n) is 14.1. The lowest BCUT2D eigenvalue weighted by Crippen LogP contribution is -2.34. The van der Waals surface area contributed by atoms with E-state index in [0.29, 0.717) is 11.3 Å². The van der Waals surface area contributed by atoms with Crippen molar-refractivity contribution in [2.24, 2.45) is 0 Å². The highest BCUT2D eigenvalue weighted by Crippen LogP contribution is 2.23. The van der Waals surface area contributed by atoms with Gasteiger partial charge in [0.25, 0.3) is 5.91 Å². The molecule has 2 aromatic carbocycles. The van der Waals surface area contributed by atoms with E-state index >= 15 is 0 Å². The molecule has 2 amide bonds. The maximum absolute atomic E-state index is 12.2. The summed E-state index contributed by atoms with van der Waals surface area (Å²) in [6.45, 7) is 1.70. The molecule has 0 saturated heterocycles. The van der Waals surface area contributed by atoms with Crippen molar-refractivity contribution < 1.29 is 27.5 Å². The first-order chi connectivity index (χ1) is 12.1. The number of alkyl halides is 3. The minimum absolute atomic E-state index is 0.201. The van der Waals surface area contributed by atoms with E-state index in [9.17, 15) is 22.8 Å². The van der Waals surface area contributed by atoms with Gasteiger partial charge in [0.1, 0.15) is 5.75 Å².